The van der Waals surface area contributed by atoms with Crippen molar-refractivity contribution in [3.05, 3.63) is 34.3 Å². The molecule has 0 unspecified atom stereocenters. The van der Waals surface area contributed by atoms with Crippen LogP contribution >= 0.6 is 59.6 Å². The van der Waals surface area contributed by atoms with E-state index in [-0.39, 0.29) is 5.41 Å². The standard InChI is InChI=1S/C13H17Br3S/c1-2-17-8-7-13(9-14,10-15)11-5-3-4-6-12(11)16/h3-6H,2,7-10H2,1H3. The van der Waals surface area contributed by atoms with E-state index in [2.05, 4.69) is 79.0 Å². The molecule has 0 aromatic heterocycles. The molecule has 0 spiro atoms. The highest BCUT2D eigenvalue weighted by Gasteiger charge is 2.31. The Kier molecular flexibility index (Phi) is 7.78. The van der Waals surface area contributed by atoms with Crippen LogP contribution in [0.2, 0.25) is 0 Å². The van der Waals surface area contributed by atoms with Crippen LogP contribution in [0.5, 0.6) is 0 Å². The molecule has 0 aliphatic heterocycles. The molecule has 0 radical (unpaired) electrons. The zero-order chi connectivity index (χ0) is 12.7. The van der Waals surface area contributed by atoms with Crippen molar-refractivity contribution in [2.75, 3.05) is 22.2 Å². The van der Waals surface area contributed by atoms with E-state index in [0.717, 1.165) is 10.7 Å². The Morgan fingerprint density at radius 2 is 1.82 bits per heavy atom. The Labute approximate surface area is 134 Å². The second-order valence-corrected chi connectivity index (χ2v) is 7.34. The number of rotatable bonds is 7. The molecule has 0 bridgehead atoms. The second kappa shape index (κ2) is 8.23. The first-order valence-corrected chi connectivity index (χ1v) is 9.84. The van der Waals surface area contributed by atoms with Crippen LogP contribution in [0.3, 0.4) is 0 Å². The summed E-state index contributed by atoms with van der Waals surface area (Å²) < 4.78 is 1.21. The van der Waals surface area contributed by atoms with Crippen LogP contribution in [0.25, 0.3) is 0 Å². The number of thioether (sulfide) groups is 1. The van der Waals surface area contributed by atoms with E-state index in [0.29, 0.717) is 0 Å². The van der Waals surface area contributed by atoms with Crippen LogP contribution in [0.4, 0.5) is 0 Å². The first-order valence-electron chi connectivity index (χ1n) is 5.65. The highest BCUT2D eigenvalue weighted by atomic mass is 79.9. The first-order chi connectivity index (χ1) is 8.20. The van der Waals surface area contributed by atoms with Gasteiger partial charge in [0.15, 0.2) is 0 Å². The van der Waals surface area contributed by atoms with E-state index >= 15 is 0 Å². The van der Waals surface area contributed by atoms with E-state index in [1.165, 1.54) is 28.0 Å². The van der Waals surface area contributed by atoms with Crippen LogP contribution < -0.4 is 0 Å². The third-order valence-corrected chi connectivity index (χ3v) is 6.63. The summed E-state index contributed by atoms with van der Waals surface area (Å²) >= 11 is 13.1. The maximum Gasteiger partial charge on any atom is 0.0213 e. The molecule has 0 nitrogen and oxygen atoms in total. The first kappa shape index (κ1) is 16.1. The molecule has 0 saturated heterocycles. The summed E-state index contributed by atoms with van der Waals surface area (Å²) in [6.07, 6.45) is 1.19. The molecule has 4 heteroatoms. The predicted octanol–water partition coefficient (Wildman–Crippen LogP) is 5.62. The molecule has 0 aliphatic rings. The second-order valence-electron chi connectivity index (χ2n) is 3.97. The van der Waals surface area contributed by atoms with E-state index in [1.54, 1.807) is 0 Å². The summed E-state index contributed by atoms with van der Waals surface area (Å²) in [5, 5.41) is 1.97. The van der Waals surface area contributed by atoms with Gasteiger partial charge >= 0.3 is 0 Å². The van der Waals surface area contributed by atoms with Gasteiger partial charge in [-0.3, -0.25) is 0 Å². The summed E-state index contributed by atoms with van der Waals surface area (Å²) in [7, 11) is 0. The summed E-state index contributed by atoms with van der Waals surface area (Å²) in [6, 6.07) is 8.54. The Morgan fingerprint density at radius 1 is 1.18 bits per heavy atom. The average molecular weight is 445 g/mol. The fourth-order valence-electron chi connectivity index (χ4n) is 1.75. The Bertz CT molecular complexity index is 337. The van der Waals surface area contributed by atoms with Gasteiger partial charge in [0.1, 0.15) is 0 Å². The Morgan fingerprint density at radius 3 is 2.35 bits per heavy atom. The van der Waals surface area contributed by atoms with Gasteiger partial charge in [0, 0.05) is 20.5 Å². The van der Waals surface area contributed by atoms with Gasteiger partial charge in [-0.2, -0.15) is 11.8 Å². The van der Waals surface area contributed by atoms with Crippen molar-refractivity contribution in [2.24, 2.45) is 0 Å². The van der Waals surface area contributed by atoms with Crippen molar-refractivity contribution < 1.29 is 0 Å². The lowest BCUT2D eigenvalue weighted by atomic mass is 9.82. The number of hydrogen-bond donors (Lipinski definition) is 0. The van der Waals surface area contributed by atoms with Gasteiger partial charge < -0.3 is 0 Å². The number of hydrogen-bond acceptors (Lipinski definition) is 1. The fourth-order valence-corrected chi connectivity index (χ4v) is 5.37. The zero-order valence-corrected chi connectivity index (χ0v) is 15.5. The zero-order valence-electron chi connectivity index (χ0n) is 9.89. The molecule has 0 amide bonds. The highest BCUT2D eigenvalue weighted by Crippen LogP contribution is 2.37. The van der Waals surface area contributed by atoms with Gasteiger partial charge in [-0.05, 0) is 29.6 Å². The summed E-state index contributed by atoms with van der Waals surface area (Å²) in [4.78, 5) is 0. The molecule has 0 aliphatic carbocycles. The van der Waals surface area contributed by atoms with Crippen LogP contribution in [0.1, 0.15) is 18.9 Å². The fraction of sp³-hybridized carbons (Fsp3) is 0.538. The highest BCUT2D eigenvalue weighted by molar-refractivity contribution is 9.10. The Hall–Kier alpha value is 1.01. The molecule has 0 fully saturated rings. The Balaban J connectivity index is 2.94. The quantitative estimate of drug-likeness (QED) is 0.388. The third-order valence-electron chi connectivity index (χ3n) is 2.89. The lowest BCUT2D eigenvalue weighted by molar-refractivity contribution is 0.536. The van der Waals surface area contributed by atoms with Crippen molar-refractivity contribution in [1.82, 2.24) is 0 Å². The van der Waals surface area contributed by atoms with Gasteiger partial charge in [-0.25, -0.2) is 0 Å². The largest absolute Gasteiger partial charge is 0.162 e. The van der Waals surface area contributed by atoms with E-state index in [4.69, 9.17) is 0 Å². The maximum atomic E-state index is 3.70. The molecule has 17 heavy (non-hydrogen) atoms. The van der Waals surface area contributed by atoms with Crippen LogP contribution in [0.15, 0.2) is 28.7 Å². The topological polar surface area (TPSA) is 0 Å². The summed E-state index contributed by atoms with van der Waals surface area (Å²) in [6.45, 7) is 2.22. The van der Waals surface area contributed by atoms with E-state index in [1.807, 2.05) is 11.8 Å². The van der Waals surface area contributed by atoms with Crippen molar-refractivity contribution in [3.8, 4) is 0 Å². The summed E-state index contributed by atoms with van der Waals surface area (Å²) in [5.74, 6) is 2.39. The van der Waals surface area contributed by atoms with Crippen molar-refractivity contribution in [3.63, 3.8) is 0 Å². The molecule has 0 saturated carbocycles. The van der Waals surface area contributed by atoms with Crippen molar-refractivity contribution in [2.45, 2.75) is 18.8 Å². The van der Waals surface area contributed by atoms with Gasteiger partial charge in [0.05, 0.1) is 0 Å². The van der Waals surface area contributed by atoms with Gasteiger partial charge in [0.25, 0.3) is 0 Å². The van der Waals surface area contributed by atoms with Crippen molar-refractivity contribution in [1.29, 1.82) is 0 Å². The summed E-state index contributed by atoms with van der Waals surface area (Å²) in [5.41, 5.74) is 1.58. The predicted molar refractivity (Wildman–Crippen MR) is 91.0 cm³/mol. The lowest BCUT2D eigenvalue weighted by Gasteiger charge is -2.31. The minimum absolute atomic E-state index is 0.183. The smallest absolute Gasteiger partial charge is 0.0213 e. The molecule has 96 valence electrons. The molecule has 0 heterocycles. The molecule has 1 aromatic rings. The van der Waals surface area contributed by atoms with Gasteiger partial charge in [-0.15, -0.1) is 0 Å². The molecular formula is C13H17Br3S. The van der Waals surface area contributed by atoms with Crippen molar-refractivity contribution >= 4 is 59.6 Å². The van der Waals surface area contributed by atoms with Gasteiger partial charge in [0.2, 0.25) is 0 Å². The van der Waals surface area contributed by atoms with Crippen LogP contribution in [-0.4, -0.2) is 22.2 Å². The minimum Gasteiger partial charge on any atom is -0.162 e. The molecule has 1 rings (SSSR count). The molecule has 0 N–H and O–H groups in total. The average Bonchev–Trinajstić information content (AvgIpc) is 2.36. The minimum atomic E-state index is 0.183. The third kappa shape index (κ3) is 4.26. The van der Waals surface area contributed by atoms with Gasteiger partial charge in [-0.1, -0.05) is 72.9 Å². The number of benzene rings is 1. The normalized spacial score (nSPS) is 11.8. The monoisotopic (exact) mass is 442 g/mol. The number of alkyl halides is 2. The van der Waals surface area contributed by atoms with Crippen LogP contribution in [0, 0.1) is 0 Å². The molecule has 0 atom stereocenters. The van der Waals surface area contributed by atoms with Crippen LogP contribution in [-0.2, 0) is 5.41 Å². The number of halogens is 3. The lowest BCUT2D eigenvalue weighted by Crippen LogP contribution is -2.31. The van der Waals surface area contributed by atoms with E-state index < -0.39 is 0 Å². The maximum absolute atomic E-state index is 3.70. The SMILES string of the molecule is CCSCCC(CBr)(CBr)c1ccccc1Br. The van der Waals surface area contributed by atoms with E-state index in [9.17, 15) is 0 Å². The molecular weight excluding hydrogens is 428 g/mol. The molecule has 1 aromatic carbocycles.